The van der Waals surface area contributed by atoms with Crippen molar-refractivity contribution >= 4 is 33.8 Å². The minimum atomic E-state index is -3.38. The van der Waals surface area contributed by atoms with Crippen molar-refractivity contribution in [2.75, 3.05) is 13.6 Å². The number of likely N-dealkylation sites (N-methyl/N-ethyl adjacent to an activating group) is 1. The number of sulfonamides is 1. The number of halogens is 1. The second-order valence-corrected chi connectivity index (χ2v) is 8.49. The molecule has 0 saturated carbocycles. The van der Waals surface area contributed by atoms with Gasteiger partial charge in [0.2, 0.25) is 10.0 Å². The monoisotopic (exact) mass is 326 g/mol. The molecular formula is C12H23ClN2O2S2. The average molecular weight is 327 g/mol. The van der Waals surface area contributed by atoms with Gasteiger partial charge < -0.3 is 5.32 Å². The summed E-state index contributed by atoms with van der Waals surface area (Å²) in [4.78, 5) is 1.07. The summed E-state index contributed by atoms with van der Waals surface area (Å²) in [7, 11) is -1.57. The Bertz CT molecular complexity index is 492. The third-order valence-electron chi connectivity index (χ3n) is 2.66. The first kappa shape index (κ1) is 18.9. The van der Waals surface area contributed by atoms with E-state index in [9.17, 15) is 8.42 Å². The predicted molar refractivity (Wildman–Crippen MR) is 84.0 cm³/mol. The largest absolute Gasteiger partial charge is 0.316 e. The minimum Gasteiger partial charge on any atom is -0.316 e. The summed E-state index contributed by atoms with van der Waals surface area (Å²) in [5, 5.41) is 2.99. The first-order valence-corrected chi connectivity index (χ1v) is 8.24. The van der Waals surface area contributed by atoms with E-state index in [1.165, 1.54) is 11.3 Å². The Morgan fingerprint density at radius 3 is 2.32 bits per heavy atom. The van der Waals surface area contributed by atoms with E-state index < -0.39 is 10.0 Å². The van der Waals surface area contributed by atoms with Crippen LogP contribution >= 0.6 is 23.7 Å². The maximum atomic E-state index is 12.1. The number of rotatable bonds is 5. The van der Waals surface area contributed by atoms with Crippen molar-refractivity contribution in [3.05, 3.63) is 17.0 Å². The summed E-state index contributed by atoms with van der Waals surface area (Å²) < 4.78 is 27.1. The molecule has 0 aliphatic carbocycles. The molecule has 1 unspecified atom stereocenters. The van der Waals surface area contributed by atoms with Crippen LogP contribution < -0.4 is 10.0 Å². The molecule has 0 aliphatic rings. The first-order valence-electron chi connectivity index (χ1n) is 5.94. The van der Waals surface area contributed by atoms with E-state index in [4.69, 9.17) is 0 Å². The smallest absolute Gasteiger partial charge is 0.250 e. The molecule has 0 aromatic carbocycles. The lowest BCUT2D eigenvalue weighted by atomic mass is 9.95. The summed E-state index contributed by atoms with van der Waals surface area (Å²) in [5.74, 6) is 0. The highest BCUT2D eigenvalue weighted by atomic mass is 35.5. The van der Waals surface area contributed by atoms with E-state index in [-0.39, 0.29) is 23.9 Å². The van der Waals surface area contributed by atoms with Gasteiger partial charge in [-0.1, -0.05) is 20.8 Å². The zero-order chi connectivity index (χ0) is 14.0. The summed E-state index contributed by atoms with van der Waals surface area (Å²) in [6, 6.07) is 3.68. The van der Waals surface area contributed by atoms with E-state index in [1.807, 2.05) is 20.0 Å². The quantitative estimate of drug-likeness (QED) is 0.873. The fraction of sp³-hybridized carbons (Fsp3) is 0.667. The highest BCUT2D eigenvalue weighted by Crippen LogP contribution is 2.31. The van der Waals surface area contributed by atoms with Gasteiger partial charge >= 0.3 is 0 Å². The van der Waals surface area contributed by atoms with Gasteiger partial charge in [0.05, 0.1) is 0 Å². The van der Waals surface area contributed by atoms with Gasteiger partial charge in [-0.2, -0.15) is 0 Å². The molecule has 1 aromatic rings. The fourth-order valence-corrected chi connectivity index (χ4v) is 3.81. The van der Waals surface area contributed by atoms with Crippen LogP contribution in [0, 0.1) is 0 Å². The molecule has 112 valence electrons. The molecule has 0 radical (unpaired) electrons. The van der Waals surface area contributed by atoms with Crippen LogP contribution in [0.2, 0.25) is 0 Å². The van der Waals surface area contributed by atoms with Crippen LogP contribution in [-0.2, 0) is 15.4 Å². The van der Waals surface area contributed by atoms with Crippen LogP contribution in [0.1, 0.15) is 32.6 Å². The molecule has 0 amide bonds. The maximum absolute atomic E-state index is 12.1. The molecule has 7 heteroatoms. The van der Waals surface area contributed by atoms with Crippen LogP contribution in [0.3, 0.4) is 0 Å². The van der Waals surface area contributed by atoms with Gasteiger partial charge in [-0.25, -0.2) is 13.1 Å². The van der Waals surface area contributed by atoms with E-state index in [0.29, 0.717) is 10.8 Å². The molecule has 0 saturated heterocycles. The zero-order valence-corrected chi connectivity index (χ0v) is 14.4. The number of thiophene rings is 1. The lowest BCUT2D eigenvalue weighted by Crippen LogP contribution is -2.36. The number of hydrogen-bond acceptors (Lipinski definition) is 4. The Balaban J connectivity index is 0.00000324. The Morgan fingerprint density at radius 1 is 1.32 bits per heavy atom. The maximum Gasteiger partial charge on any atom is 0.250 e. The summed E-state index contributed by atoms with van der Waals surface area (Å²) in [5.41, 5.74) is -0.0172. The van der Waals surface area contributed by atoms with Crippen molar-refractivity contribution in [3.8, 4) is 0 Å². The van der Waals surface area contributed by atoms with E-state index >= 15 is 0 Å². The lowest BCUT2D eigenvalue weighted by molar-refractivity contribution is 0.556. The normalized spacial score (nSPS) is 13.9. The minimum absolute atomic E-state index is 0. The van der Waals surface area contributed by atoms with Gasteiger partial charge in [-0.3, -0.25) is 0 Å². The van der Waals surface area contributed by atoms with Crippen LogP contribution in [0.15, 0.2) is 16.3 Å². The second kappa shape index (κ2) is 7.04. The van der Waals surface area contributed by atoms with Crippen LogP contribution in [0.25, 0.3) is 0 Å². The summed E-state index contributed by atoms with van der Waals surface area (Å²) in [6.45, 7) is 8.54. The van der Waals surface area contributed by atoms with Gasteiger partial charge in [-0.15, -0.1) is 23.7 Å². The van der Waals surface area contributed by atoms with Crippen LogP contribution in [0.4, 0.5) is 0 Å². The van der Waals surface area contributed by atoms with E-state index in [2.05, 4.69) is 30.8 Å². The first-order chi connectivity index (χ1) is 8.16. The predicted octanol–water partition coefficient (Wildman–Crippen LogP) is 2.35. The van der Waals surface area contributed by atoms with Crippen molar-refractivity contribution in [3.63, 3.8) is 0 Å². The SMILES string of the molecule is CNC(C)CNS(=O)(=O)c1ccc(C(C)(C)C)s1.Cl. The molecule has 0 aliphatic heterocycles. The molecule has 0 fully saturated rings. The molecule has 1 rings (SSSR count). The molecule has 1 aromatic heterocycles. The number of nitrogens with one attached hydrogen (secondary N) is 2. The van der Waals surface area contributed by atoms with Crippen molar-refractivity contribution in [1.29, 1.82) is 0 Å². The fourth-order valence-electron chi connectivity index (χ4n) is 1.28. The molecular weight excluding hydrogens is 304 g/mol. The molecule has 1 heterocycles. The lowest BCUT2D eigenvalue weighted by Gasteiger charge is -2.15. The highest BCUT2D eigenvalue weighted by Gasteiger charge is 2.22. The summed E-state index contributed by atoms with van der Waals surface area (Å²) >= 11 is 1.34. The third-order valence-corrected chi connectivity index (χ3v) is 6.08. The van der Waals surface area contributed by atoms with E-state index in [0.717, 1.165) is 4.88 Å². The average Bonchev–Trinajstić information content (AvgIpc) is 2.75. The molecule has 2 N–H and O–H groups in total. The molecule has 0 bridgehead atoms. The van der Waals surface area contributed by atoms with E-state index in [1.54, 1.807) is 6.07 Å². The van der Waals surface area contributed by atoms with Crippen molar-refractivity contribution in [2.45, 2.75) is 43.4 Å². The second-order valence-electron chi connectivity index (χ2n) is 5.41. The third kappa shape index (κ3) is 5.39. The number of hydrogen-bond donors (Lipinski definition) is 2. The standard InChI is InChI=1S/C12H22N2O2S2.ClH/c1-9(13-5)8-14-18(15,16)11-7-6-10(17-11)12(2,3)4;/h6-7,9,13-14H,8H2,1-5H3;1H. The van der Waals surface area contributed by atoms with Crippen LogP contribution in [0.5, 0.6) is 0 Å². The van der Waals surface area contributed by atoms with Crippen molar-refractivity contribution < 1.29 is 8.42 Å². The van der Waals surface area contributed by atoms with Gasteiger partial charge in [-0.05, 0) is 31.5 Å². The van der Waals surface area contributed by atoms with Crippen LogP contribution in [-0.4, -0.2) is 28.1 Å². The molecule has 19 heavy (non-hydrogen) atoms. The molecule has 0 spiro atoms. The zero-order valence-electron chi connectivity index (χ0n) is 12.0. The van der Waals surface area contributed by atoms with Gasteiger partial charge in [0.1, 0.15) is 4.21 Å². The topological polar surface area (TPSA) is 58.2 Å². The Hall–Kier alpha value is -0.140. The highest BCUT2D eigenvalue weighted by molar-refractivity contribution is 7.91. The Labute approximate surface area is 126 Å². The molecule has 4 nitrogen and oxygen atoms in total. The van der Waals surface area contributed by atoms with Crippen molar-refractivity contribution in [2.24, 2.45) is 0 Å². The Morgan fingerprint density at radius 2 is 1.89 bits per heavy atom. The Kier molecular flexibility index (Phi) is 6.99. The summed E-state index contributed by atoms with van der Waals surface area (Å²) in [6.07, 6.45) is 0. The van der Waals surface area contributed by atoms with Gasteiger partial charge in [0.15, 0.2) is 0 Å². The van der Waals surface area contributed by atoms with Gasteiger partial charge in [0, 0.05) is 17.5 Å². The van der Waals surface area contributed by atoms with Crippen molar-refractivity contribution in [1.82, 2.24) is 10.0 Å². The molecule has 1 atom stereocenters. The van der Waals surface area contributed by atoms with Gasteiger partial charge in [0.25, 0.3) is 0 Å².